The minimum Gasteiger partial charge on any atom is -0.349 e. The topological polar surface area (TPSA) is 86.8 Å². The molecule has 3 rings (SSSR count). The fourth-order valence-electron chi connectivity index (χ4n) is 6.17. The van der Waals surface area contributed by atoms with Crippen LogP contribution in [0.2, 0.25) is 0 Å². The predicted molar refractivity (Wildman–Crippen MR) is 167 cm³/mol. The summed E-state index contributed by atoms with van der Waals surface area (Å²) in [5.41, 5.74) is -2.77. The van der Waals surface area contributed by atoms with E-state index in [1.54, 1.807) is 0 Å². The number of hydrogen-bond acceptors (Lipinski definition) is 7. The Balaban J connectivity index is 1.70. The molecule has 3 aliphatic heterocycles. The lowest BCUT2D eigenvalue weighted by Gasteiger charge is -2.50. The first-order valence-electron chi connectivity index (χ1n) is 16.0. The summed E-state index contributed by atoms with van der Waals surface area (Å²) < 4.78 is 31.0. The van der Waals surface area contributed by atoms with E-state index in [-0.39, 0.29) is 53.2 Å². The standard InChI is InChI=1S/C34H62N2O7/c1-20(24-41-23-22-21(40-25(23)43-24)18-39-28(42-22)29(2,3)4)33(12,13)26(37)35(16)31(8,9)19-32(10,11)36(17)27(38)34(14,15)30(5,6)7/h20-25,28H,18-19H2,1-17H3. The minimum atomic E-state index is -0.806. The number of hydrogen-bond donors (Lipinski definition) is 0. The Kier molecular flexibility index (Phi) is 9.70. The van der Waals surface area contributed by atoms with Gasteiger partial charge in [0, 0.05) is 41.9 Å². The smallest absolute Gasteiger partial charge is 0.228 e. The summed E-state index contributed by atoms with van der Waals surface area (Å²) in [7, 11) is 3.74. The van der Waals surface area contributed by atoms with Crippen LogP contribution >= 0.6 is 0 Å². The molecular formula is C34H62N2O7. The van der Waals surface area contributed by atoms with E-state index >= 15 is 0 Å². The second kappa shape index (κ2) is 11.5. The third-order valence-corrected chi connectivity index (χ3v) is 11.0. The molecular weight excluding hydrogens is 548 g/mol. The molecule has 7 unspecified atom stereocenters. The van der Waals surface area contributed by atoms with Crippen LogP contribution < -0.4 is 0 Å². The molecule has 9 heteroatoms. The predicted octanol–water partition coefficient (Wildman–Crippen LogP) is 5.84. The lowest BCUT2D eigenvalue weighted by Crippen LogP contribution is -2.59. The van der Waals surface area contributed by atoms with Crippen molar-refractivity contribution in [1.29, 1.82) is 0 Å². The monoisotopic (exact) mass is 610 g/mol. The summed E-state index contributed by atoms with van der Waals surface area (Å²) in [4.78, 5) is 31.5. The van der Waals surface area contributed by atoms with Gasteiger partial charge in [-0.15, -0.1) is 0 Å². The Morgan fingerprint density at radius 2 is 1.23 bits per heavy atom. The average Bonchev–Trinajstić information content (AvgIpc) is 3.42. The Morgan fingerprint density at radius 1 is 0.721 bits per heavy atom. The zero-order chi connectivity index (χ0) is 33.3. The van der Waals surface area contributed by atoms with Crippen molar-refractivity contribution in [2.24, 2.45) is 27.6 Å². The zero-order valence-corrected chi connectivity index (χ0v) is 30.2. The highest BCUT2D eigenvalue weighted by molar-refractivity contribution is 5.84. The van der Waals surface area contributed by atoms with Gasteiger partial charge in [-0.05, 0) is 39.5 Å². The second-order valence-corrected chi connectivity index (χ2v) is 17.7. The summed E-state index contributed by atoms with van der Waals surface area (Å²) in [6.45, 7) is 31.2. The number of amides is 2. The Bertz CT molecular complexity index is 1040. The number of nitrogens with zero attached hydrogens (tertiary/aromatic N) is 2. The molecule has 3 saturated heterocycles. The highest BCUT2D eigenvalue weighted by Crippen LogP contribution is 2.45. The van der Waals surface area contributed by atoms with Crippen molar-refractivity contribution in [1.82, 2.24) is 9.80 Å². The molecule has 3 fully saturated rings. The van der Waals surface area contributed by atoms with E-state index < -0.39 is 34.5 Å². The summed E-state index contributed by atoms with van der Waals surface area (Å²) >= 11 is 0. The molecule has 0 radical (unpaired) electrons. The lowest BCUT2D eigenvalue weighted by atomic mass is 9.68. The number of carbonyl (C=O) groups is 2. The van der Waals surface area contributed by atoms with E-state index in [4.69, 9.17) is 23.7 Å². The average molecular weight is 611 g/mol. The van der Waals surface area contributed by atoms with Gasteiger partial charge in [-0.1, -0.05) is 76.2 Å². The second-order valence-electron chi connectivity index (χ2n) is 17.7. The van der Waals surface area contributed by atoms with E-state index in [9.17, 15) is 9.59 Å². The maximum atomic E-state index is 14.2. The van der Waals surface area contributed by atoms with Gasteiger partial charge in [0.05, 0.1) is 12.0 Å². The SMILES string of the molecule is CC(C1OC2OC3COC(C(C)(C)C)OC3C2O1)C(C)(C)C(=O)N(C)C(C)(C)CC(C)(C)N(C)C(=O)C(C)(C)C(C)(C)C. The molecule has 0 spiro atoms. The maximum Gasteiger partial charge on any atom is 0.228 e. The zero-order valence-electron chi connectivity index (χ0n) is 30.2. The molecule has 43 heavy (non-hydrogen) atoms. The van der Waals surface area contributed by atoms with Crippen molar-refractivity contribution in [3.8, 4) is 0 Å². The van der Waals surface area contributed by atoms with E-state index in [0.717, 1.165) is 0 Å². The quantitative estimate of drug-likeness (QED) is 0.341. The fraction of sp³-hybridized carbons (Fsp3) is 0.941. The molecule has 0 saturated carbocycles. The van der Waals surface area contributed by atoms with E-state index in [0.29, 0.717) is 13.0 Å². The third-order valence-electron chi connectivity index (χ3n) is 11.0. The van der Waals surface area contributed by atoms with Gasteiger partial charge in [-0.3, -0.25) is 9.59 Å². The van der Waals surface area contributed by atoms with Gasteiger partial charge in [-0.25, -0.2) is 0 Å². The highest BCUT2D eigenvalue weighted by Gasteiger charge is 2.59. The van der Waals surface area contributed by atoms with E-state index in [1.807, 2.05) is 58.5 Å². The van der Waals surface area contributed by atoms with Gasteiger partial charge in [0.1, 0.15) is 18.3 Å². The molecule has 0 aliphatic carbocycles. The number of fused-ring (bicyclic) bond motifs is 3. The summed E-state index contributed by atoms with van der Waals surface area (Å²) in [5.74, 6) is -0.187. The number of rotatable bonds is 8. The third kappa shape index (κ3) is 6.81. The normalized spacial score (nSPS) is 29.6. The van der Waals surface area contributed by atoms with Gasteiger partial charge in [0.2, 0.25) is 11.8 Å². The van der Waals surface area contributed by atoms with E-state index in [2.05, 4.69) is 69.2 Å². The number of carbonyl (C=O) groups excluding carboxylic acids is 2. The first-order chi connectivity index (χ1) is 19.2. The summed E-state index contributed by atoms with van der Waals surface area (Å²) in [5, 5.41) is 0. The highest BCUT2D eigenvalue weighted by atomic mass is 16.8. The minimum absolute atomic E-state index is 0.0111. The largest absolute Gasteiger partial charge is 0.349 e. The Hall–Kier alpha value is -1.26. The molecule has 0 aromatic heterocycles. The molecule has 0 bridgehead atoms. The number of ether oxygens (including phenoxy) is 5. The van der Waals surface area contributed by atoms with Crippen LogP contribution in [0.3, 0.4) is 0 Å². The summed E-state index contributed by atoms with van der Waals surface area (Å²) in [6.07, 6.45) is -1.84. The van der Waals surface area contributed by atoms with Gasteiger partial charge < -0.3 is 33.5 Å². The molecule has 7 atom stereocenters. The van der Waals surface area contributed by atoms with Gasteiger partial charge in [0.15, 0.2) is 18.9 Å². The van der Waals surface area contributed by atoms with Crippen molar-refractivity contribution in [2.45, 2.75) is 159 Å². The lowest BCUT2D eigenvalue weighted by molar-refractivity contribution is -0.298. The fourth-order valence-corrected chi connectivity index (χ4v) is 6.17. The van der Waals surface area contributed by atoms with Crippen LogP contribution in [0.25, 0.3) is 0 Å². The van der Waals surface area contributed by atoms with Crippen molar-refractivity contribution in [3.05, 3.63) is 0 Å². The van der Waals surface area contributed by atoms with Crippen molar-refractivity contribution >= 4 is 11.8 Å². The molecule has 3 heterocycles. The van der Waals surface area contributed by atoms with Crippen molar-refractivity contribution in [2.75, 3.05) is 20.7 Å². The first kappa shape index (κ1) is 36.2. The summed E-state index contributed by atoms with van der Waals surface area (Å²) in [6, 6.07) is 0. The van der Waals surface area contributed by atoms with Crippen molar-refractivity contribution in [3.63, 3.8) is 0 Å². The molecule has 0 aromatic rings. The van der Waals surface area contributed by atoms with Crippen LogP contribution in [0, 0.1) is 27.6 Å². The van der Waals surface area contributed by atoms with Gasteiger partial charge in [0.25, 0.3) is 0 Å². The molecule has 9 nitrogen and oxygen atoms in total. The van der Waals surface area contributed by atoms with Crippen LogP contribution in [-0.4, -0.2) is 90.6 Å². The van der Waals surface area contributed by atoms with Crippen LogP contribution in [0.4, 0.5) is 0 Å². The Morgan fingerprint density at radius 3 is 1.72 bits per heavy atom. The van der Waals surface area contributed by atoms with Crippen LogP contribution in [0.5, 0.6) is 0 Å². The van der Waals surface area contributed by atoms with Crippen LogP contribution in [-0.2, 0) is 33.3 Å². The molecule has 2 amide bonds. The van der Waals surface area contributed by atoms with Crippen LogP contribution in [0.1, 0.15) is 110 Å². The molecule has 3 aliphatic rings. The Labute approximate surface area is 261 Å². The molecule has 0 aromatic carbocycles. The van der Waals surface area contributed by atoms with Crippen LogP contribution in [0.15, 0.2) is 0 Å². The van der Waals surface area contributed by atoms with Gasteiger partial charge >= 0.3 is 0 Å². The maximum absolute atomic E-state index is 14.2. The van der Waals surface area contributed by atoms with Gasteiger partial charge in [-0.2, -0.15) is 0 Å². The first-order valence-corrected chi connectivity index (χ1v) is 16.0. The van der Waals surface area contributed by atoms with Crippen molar-refractivity contribution < 1.29 is 33.3 Å². The van der Waals surface area contributed by atoms with E-state index in [1.165, 1.54) is 0 Å². The molecule has 0 N–H and O–H groups in total. The molecule has 250 valence electrons.